The predicted octanol–water partition coefficient (Wildman–Crippen LogP) is 2.90. The molecule has 0 amide bonds. The number of hydrogen-bond acceptors (Lipinski definition) is 6. The molecule has 1 atom stereocenters. The average molecular weight is 391 g/mol. The number of cyclic esters (lactones) is 1. The van der Waals surface area contributed by atoms with Gasteiger partial charge in [-0.25, -0.2) is 4.79 Å². The highest BCUT2D eigenvalue weighted by atomic mass is 16.7. The normalized spacial score (nSPS) is 16.6. The molecular weight excluding hydrogens is 374 g/mol. The van der Waals surface area contributed by atoms with Gasteiger partial charge in [-0.15, -0.1) is 0 Å². The minimum absolute atomic E-state index is 0.0506. The number of carbonyl (C=O) groups excluding carboxylic acids is 1. The number of esters is 1. The summed E-state index contributed by atoms with van der Waals surface area (Å²) in [6.45, 7) is 2.19. The largest absolute Gasteiger partial charge is 0.507 e. The van der Waals surface area contributed by atoms with E-state index in [0.717, 1.165) is 5.56 Å². The third kappa shape index (κ3) is 2.74. The van der Waals surface area contributed by atoms with Crippen LogP contribution in [0.4, 0.5) is 0 Å². The van der Waals surface area contributed by atoms with E-state index < -0.39 is 17.6 Å². The number of aromatic nitrogens is 1. The lowest BCUT2D eigenvalue weighted by atomic mass is 9.99. The summed E-state index contributed by atoms with van der Waals surface area (Å²) in [5.41, 5.74) is 2.05. The molecule has 0 bridgehead atoms. The van der Waals surface area contributed by atoms with Gasteiger partial charge in [-0.1, -0.05) is 24.3 Å². The fraction of sp³-hybridized carbons (Fsp3) is 0.182. The van der Waals surface area contributed by atoms with Crippen LogP contribution >= 0.6 is 0 Å². The Morgan fingerprint density at radius 2 is 1.86 bits per heavy atom. The number of hydrogen-bond donors (Lipinski definition) is 1. The molecule has 0 radical (unpaired) electrons. The lowest BCUT2D eigenvalue weighted by Gasteiger charge is -2.17. The maximum absolute atomic E-state index is 13.3. The molecule has 0 aliphatic carbocycles. The lowest BCUT2D eigenvalue weighted by Crippen LogP contribution is -2.28. The molecule has 1 aromatic heterocycles. The van der Waals surface area contributed by atoms with Gasteiger partial charge in [-0.3, -0.25) is 4.79 Å². The Labute approximate surface area is 165 Å². The van der Waals surface area contributed by atoms with Gasteiger partial charge < -0.3 is 23.9 Å². The van der Waals surface area contributed by atoms with E-state index in [1.54, 1.807) is 41.8 Å². The monoisotopic (exact) mass is 391 g/mol. The van der Waals surface area contributed by atoms with E-state index in [4.69, 9.17) is 14.2 Å². The van der Waals surface area contributed by atoms with Crippen LogP contribution < -0.4 is 15.0 Å². The van der Waals surface area contributed by atoms with Crippen LogP contribution in [0, 0.1) is 6.92 Å². The van der Waals surface area contributed by atoms with Crippen molar-refractivity contribution in [3.05, 3.63) is 86.8 Å². The number of aryl methyl sites for hydroxylation is 1. The van der Waals surface area contributed by atoms with Gasteiger partial charge in [-0.2, -0.15) is 0 Å². The summed E-state index contributed by atoms with van der Waals surface area (Å²) in [6.07, 6.45) is -0.935. The maximum Gasteiger partial charge on any atom is 0.339 e. The molecule has 1 N–H and O–H groups in total. The first kappa shape index (κ1) is 17.4. The molecule has 2 aliphatic rings. The van der Waals surface area contributed by atoms with Crippen LogP contribution in [0.5, 0.6) is 17.2 Å². The second-order valence-corrected chi connectivity index (χ2v) is 7.04. The van der Waals surface area contributed by atoms with E-state index in [-0.39, 0.29) is 24.7 Å². The van der Waals surface area contributed by atoms with Crippen molar-refractivity contribution in [3.63, 3.8) is 0 Å². The summed E-state index contributed by atoms with van der Waals surface area (Å²) in [5, 5.41) is 10.5. The van der Waals surface area contributed by atoms with Crippen LogP contribution in [-0.2, 0) is 11.3 Å². The molecule has 0 fully saturated rings. The average Bonchev–Trinajstić information content (AvgIpc) is 3.30. The van der Waals surface area contributed by atoms with Crippen LogP contribution in [0.2, 0.25) is 0 Å². The Hall–Kier alpha value is -3.74. The first-order valence-corrected chi connectivity index (χ1v) is 9.14. The van der Waals surface area contributed by atoms with Crippen molar-refractivity contribution in [3.8, 4) is 17.2 Å². The molecule has 146 valence electrons. The Kier molecular flexibility index (Phi) is 3.84. The zero-order valence-corrected chi connectivity index (χ0v) is 15.5. The summed E-state index contributed by atoms with van der Waals surface area (Å²) >= 11 is 0. The molecule has 0 spiro atoms. The highest BCUT2D eigenvalue weighted by molar-refractivity contribution is 5.94. The smallest absolute Gasteiger partial charge is 0.339 e. The number of carbonyl (C=O) groups is 1. The van der Waals surface area contributed by atoms with Crippen LogP contribution in [0.15, 0.2) is 53.3 Å². The predicted molar refractivity (Wildman–Crippen MR) is 102 cm³/mol. The van der Waals surface area contributed by atoms with Gasteiger partial charge >= 0.3 is 5.97 Å². The lowest BCUT2D eigenvalue weighted by molar-refractivity contribution is 0.0450. The van der Waals surface area contributed by atoms with Crippen molar-refractivity contribution in [1.29, 1.82) is 0 Å². The number of ether oxygens (including phenoxy) is 3. The van der Waals surface area contributed by atoms with Crippen LogP contribution in [-0.4, -0.2) is 22.4 Å². The molecule has 2 aliphatic heterocycles. The molecule has 7 heteroatoms. The second-order valence-electron chi connectivity index (χ2n) is 7.04. The molecule has 2 aromatic carbocycles. The fourth-order valence-electron chi connectivity index (χ4n) is 3.79. The van der Waals surface area contributed by atoms with Crippen molar-refractivity contribution >= 4 is 5.97 Å². The molecule has 7 nitrogen and oxygen atoms in total. The quantitative estimate of drug-likeness (QED) is 0.691. The Morgan fingerprint density at radius 3 is 2.72 bits per heavy atom. The van der Waals surface area contributed by atoms with Gasteiger partial charge in [0, 0.05) is 11.3 Å². The van der Waals surface area contributed by atoms with E-state index in [1.165, 1.54) is 6.07 Å². The van der Waals surface area contributed by atoms with Crippen LogP contribution in [0.25, 0.3) is 0 Å². The summed E-state index contributed by atoms with van der Waals surface area (Å²) in [5.74, 6) is 0.598. The van der Waals surface area contributed by atoms with Crippen molar-refractivity contribution < 1.29 is 24.1 Å². The van der Waals surface area contributed by atoms with Crippen LogP contribution in [0.1, 0.15) is 38.8 Å². The SMILES string of the molecule is Cc1cc(O)c(C2OC(=O)c3ccccc32)c(=O)n1Cc1ccc2c(c1)OCO2. The molecule has 0 saturated heterocycles. The van der Waals surface area contributed by atoms with Gasteiger partial charge in [0.1, 0.15) is 11.3 Å². The number of nitrogens with zero attached hydrogens (tertiary/aromatic N) is 1. The van der Waals surface area contributed by atoms with Gasteiger partial charge in [0.05, 0.1) is 12.1 Å². The van der Waals surface area contributed by atoms with Crippen LogP contribution in [0.3, 0.4) is 0 Å². The zero-order chi connectivity index (χ0) is 20.1. The molecule has 3 aromatic rings. The first-order valence-electron chi connectivity index (χ1n) is 9.14. The number of rotatable bonds is 3. The molecule has 0 saturated carbocycles. The number of fused-ring (bicyclic) bond motifs is 2. The highest BCUT2D eigenvalue weighted by Crippen LogP contribution is 2.38. The van der Waals surface area contributed by atoms with E-state index in [2.05, 4.69) is 0 Å². The number of benzene rings is 2. The van der Waals surface area contributed by atoms with Crippen molar-refractivity contribution in [1.82, 2.24) is 4.57 Å². The second kappa shape index (κ2) is 6.41. The molecule has 3 heterocycles. The van der Waals surface area contributed by atoms with Crippen molar-refractivity contribution in [2.45, 2.75) is 19.6 Å². The molecule has 5 rings (SSSR count). The fourth-order valence-corrected chi connectivity index (χ4v) is 3.79. The van der Waals surface area contributed by atoms with E-state index in [1.807, 2.05) is 12.1 Å². The van der Waals surface area contributed by atoms with Gasteiger partial charge in [0.25, 0.3) is 5.56 Å². The zero-order valence-electron chi connectivity index (χ0n) is 15.5. The van der Waals surface area contributed by atoms with Crippen molar-refractivity contribution in [2.24, 2.45) is 0 Å². The Balaban J connectivity index is 1.59. The Bertz CT molecular complexity index is 1210. The summed E-state index contributed by atoms with van der Waals surface area (Å²) in [7, 11) is 0. The molecular formula is C22H17NO6. The first-order chi connectivity index (χ1) is 14.0. The maximum atomic E-state index is 13.3. The minimum atomic E-state index is -0.935. The minimum Gasteiger partial charge on any atom is -0.507 e. The summed E-state index contributed by atoms with van der Waals surface area (Å²) in [4.78, 5) is 25.5. The number of aromatic hydroxyl groups is 1. The van der Waals surface area contributed by atoms with E-state index in [0.29, 0.717) is 28.3 Å². The standard InChI is InChI=1S/C22H17NO6/c1-12-8-16(24)19(20-14-4-2-3-5-15(14)22(26)29-20)21(25)23(12)10-13-6-7-17-18(9-13)28-11-27-17/h2-9,20,24H,10-11H2,1H3. The van der Waals surface area contributed by atoms with Gasteiger partial charge in [0.15, 0.2) is 17.6 Å². The summed E-state index contributed by atoms with van der Waals surface area (Å²) in [6, 6.07) is 13.9. The topological polar surface area (TPSA) is 87.0 Å². The third-order valence-corrected chi connectivity index (χ3v) is 5.25. The van der Waals surface area contributed by atoms with Gasteiger partial charge in [0.2, 0.25) is 6.79 Å². The van der Waals surface area contributed by atoms with E-state index in [9.17, 15) is 14.7 Å². The molecule has 1 unspecified atom stereocenters. The van der Waals surface area contributed by atoms with E-state index >= 15 is 0 Å². The highest BCUT2D eigenvalue weighted by Gasteiger charge is 2.36. The molecule has 29 heavy (non-hydrogen) atoms. The third-order valence-electron chi connectivity index (χ3n) is 5.25. The van der Waals surface area contributed by atoms with Gasteiger partial charge in [-0.05, 0) is 36.8 Å². The Morgan fingerprint density at radius 1 is 1.07 bits per heavy atom. The summed E-state index contributed by atoms with van der Waals surface area (Å²) < 4.78 is 17.7. The van der Waals surface area contributed by atoms with Crippen molar-refractivity contribution in [2.75, 3.05) is 6.79 Å². The number of pyridine rings is 1.